The Morgan fingerprint density at radius 1 is 1.25 bits per heavy atom. The molecule has 1 N–H and O–H groups in total. The molecule has 1 unspecified atom stereocenters. The van der Waals surface area contributed by atoms with Crippen molar-refractivity contribution in [3.05, 3.63) is 33.0 Å². The zero-order chi connectivity index (χ0) is 13.9. The largest absolute Gasteiger partial charge is 0.334 e. The summed E-state index contributed by atoms with van der Waals surface area (Å²) in [4.78, 5) is 4.51. The number of hydrogen-bond acceptors (Lipinski definition) is 4. The van der Waals surface area contributed by atoms with Gasteiger partial charge < -0.3 is 9.84 Å². The van der Waals surface area contributed by atoms with Gasteiger partial charge in [-0.1, -0.05) is 37.0 Å². The van der Waals surface area contributed by atoms with Crippen LogP contribution in [0.1, 0.15) is 18.7 Å². The molecule has 20 heavy (non-hydrogen) atoms. The second-order valence-electron chi connectivity index (χ2n) is 5.09. The van der Waals surface area contributed by atoms with Gasteiger partial charge in [-0.05, 0) is 50.0 Å². The number of piperidine rings is 1. The van der Waals surface area contributed by atoms with Crippen LogP contribution in [0, 0.1) is 5.92 Å². The Morgan fingerprint density at radius 3 is 2.75 bits per heavy atom. The van der Waals surface area contributed by atoms with Crippen molar-refractivity contribution in [2.75, 3.05) is 13.1 Å². The van der Waals surface area contributed by atoms with Crippen molar-refractivity contribution < 1.29 is 4.52 Å². The van der Waals surface area contributed by atoms with Crippen LogP contribution in [0.15, 0.2) is 31.7 Å². The molecule has 0 saturated carbocycles. The van der Waals surface area contributed by atoms with E-state index in [1.165, 1.54) is 12.8 Å². The third kappa shape index (κ3) is 3.48. The maximum absolute atomic E-state index is 5.38. The Balaban J connectivity index is 1.75. The summed E-state index contributed by atoms with van der Waals surface area (Å²) in [6.07, 6.45) is 3.35. The van der Waals surface area contributed by atoms with Crippen LogP contribution in [0.5, 0.6) is 0 Å². The fourth-order valence-electron chi connectivity index (χ4n) is 2.49. The van der Waals surface area contributed by atoms with Gasteiger partial charge in [-0.25, -0.2) is 0 Å². The lowest BCUT2D eigenvalue weighted by molar-refractivity contribution is 0.360. The number of aromatic nitrogens is 2. The summed E-state index contributed by atoms with van der Waals surface area (Å²) in [5.74, 6) is 1.99. The summed E-state index contributed by atoms with van der Waals surface area (Å²) in [5.41, 5.74) is 0.923. The molecule has 6 heteroatoms. The number of halogens is 2. The van der Waals surface area contributed by atoms with Crippen LogP contribution in [-0.2, 0) is 6.42 Å². The molecule has 0 radical (unpaired) electrons. The highest BCUT2D eigenvalue weighted by Gasteiger charge is 2.17. The van der Waals surface area contributed by atoms with Gasteiger partial charge in [-0.3, -0.25) is 0 Å². The van der Waals surface area contributed by atoms with Crippen LogP contribution in [0.25, 0.3) is 11.5 Å². The van der Waals surface area contributed by atoms with E-state index < -0.39 is 0 Å². The van der Waals surface area contributed by atoms with Crippen molar-refractivity contribution in [2.24, 2.45) is 5.92 Å². The van der Waals surface area contributed by atoms with Crippen molar-refractivity contribution >= 4 is 31.9 Å². The molecule has 0 amide bonds. The molecule has 1 fully saturated rings. The van der Waals surface area contributed by atoms with Gasteiger partial charge in [0.05, 0.1) is 0 Å². The van der Waals surface area contributed by atoms with Crippen LogP contribution in [0.4, 0.5) is 0 Å². The maximum atomic E-state index is 5.38. The fraction of sp³-hybridized carbons (Fsp3) is 0.429. The lowest BCUT2D eigenvalue weighted by atomic mass is 9.96. The van der Waals surface area contributed by atoms with Gasteiger partial charge >= 0.3 is 0 Å². The van der Waals surface area contributed by atoms with E-state index in [9.17, 15) is 0 Å². The molecule has 1 aromatic heterocycles. The lowest BCUT2D eigenvalue weighted by Crippen LogP contribution is -2.31. The van der Waals surface area contributed by atoms with Crippen molar-refractivity contribution in [2.45, 2.75) is 19.3 Å². The van der Waals surface area contributed by atoms with E-state index in [0.717, 1.165) is 39.8 Å². The molecule has 0 aliphatic carbocycles. The molecule has 2 aromatic rings. The molecule has 1 aliphatic rings. The zero-order valence-corrected chi connectivity index (χ0v) is 14.1. The molecule has 2 heterocycles. The summed E-state index contributed by atoms with van der Waals surface area (Å²) in [6.45, 7) is 2.17. The van der Waals surface area contributed by atoms with Crippen LogP contribution >= 0.6 is 31.9 Å². The number of hydrogen-bond donors (Lipinski definition) is 1. The molecule has 1 atom stereocenters. The summed E-state index contributed by atoms with van der Waals surface area (Å²) >= 11 is 6.94. The first-order valence-electron chi connectivity index (χ1n) is 6.70. The monoisotopic (exact) mass is 399 g/mol. The third-order valence-electron chi connectivity index (χ3n) is 3.45. The first-order chi connectivity index (χ1) is 9.70. The second kappa shape index (κ2) is 6.37. The van der Waals surface area contributed by atoms with Gasteiger partial charge in [0.25, 0.3) is 5.89 Å². The Bertz CT molecular complexity index is 574. The molecule has 3 rings (SSSR count). The minimum absolute atomic E-state index is 0.575. The van der Waals surface area contributed by atoms with Crippen LogP contribution in [0.2, 0.25) is 0 Å². The van der Waals surface area contributed by atoms with E-state index in [4.69, 9.17) is 4.52 Å². The molecule has 4 nitrogen and oxygen atoms in total. The quantitative estimate of drug-likeness (QED) is 0.851. The van der Waals surface area contributed by atoms with Crippen molar-refractivity contribution in [1.29, 1.82) is 0 Å². The standard InChI is InChI=1S/C14H15Br2N3O/c15-11-5-10(6-12(16)7-11)14-18-13(19-20-14)4-9-2-1-3-17-8-9/h5-7,9,17H,1-4,8H2. The summed E-state index contributed by atoms with van der Waals surface area (Å²) in [5, 5.41) is 7.51. The van der Waals surface area contributed by atoms with Gasteiger partial charge in [0.15, 0.2) is 5.82 Å². The molecular weight excluding hydrogens is 386 g/mol. The molecule has 1 aromatic carbocycles. The summed E-state index contributed by atoms with van der Waals surface area (Å²) in [6, 6.07) is 5.93. The van der Waals surface area contributed by atoms with Gasteiger partial charge in [0.2, 0.25) is 0 Å². The Morgan fingerprint density at radius 2 is 2.05 bits per heavy atom. The van der Waals surface area contributed by atoms with E-state index in [2.05, 4.69) is 47.3 Å². The average molecular weight is 401 g/mol. The first-order valence-corrected chi connectivity index (χ1v) is 8.29. The van der Waals surface area contributed by atoms with Gasteiger partial charge in [-0.15, -0.1) is 0 Å². The molecule has 1 saturated heterocycles. The molecule has 0 spiro atoms. The SMILES string of the molecule is Brc1cc(Br)cc(-c2nc(CC3CCCNC3)no2)c1. The predicted molar refractivity (Wildman–Crippen MR) is 84.4 cm³/mol. The highest BCUT2D eigenvalue weighted by atomic mass is 79.9. The lowest BCUT2D eigenvalue weighted by Gasteiger charge is -2.20. The molecule has 106 valence electrons. The molecule has 1 aliphatic heterocycles. The topological polar surface area (TPSA) is 51.0 Å². The summed E-state index contributed by atoms with van der Waals surface area (Å²) < 4.78 is 7.35. The van der Waals surface area contributed by atoms with E-state index in [0.29, 0.717) is 11.8 Å². The Labute approximate surface area is 134 Å². The fourth-order valence-corrected chi connectivity index (χ4v) is 3.78. The minimum Gasteiger partial charge on any atom is -0.334 e. The van der Waals surface area contributed by atoms with Crippen LogP contribution in [0.3, 0.4) is 0 Å². The first kappa shape index (κ1) is 14.2. The minimum atomic E-state index is 0.575. The Hall–Kier alpha value is -0.720. The predicted octanol–water partition coefficient (Wildman–Crippen LogP) is 3.80. The van der Waals surface area contributed by atoms with Gasteiger partial charge in [0.1, 0.15) is 0 Å². The van der Waals surface area contributed by atoms with Gasteiger partial charge in [0, 0.05) is 20.9 Å². The van der Waals surface area contributed by atoms with E-state index >= 15 is 0 Å². The van der Waals surface area contributed by atoms with Crippen molar-refractivity contribution in [1.82, 2.24) is 15.5 Å². The highest BCUT2D eigenvalue weighted by Crippen LogP contribution is 2.27. The smallest absolute Gasteiger partial charge is 0.257 e. The van der Waals surface area contributed by atoms with Crippen molar-refractivity contribution in [3.8, 4) is 11.5 Å². The number of nitrogens with zero attached hydrogens (tertiary/aromatic N) is 2. The van der Waals surface area contributed by atoms with E-state index in [-0.39, 0.29) is 0 Å². The Kier molecular flexibility index (Phi) is 4.53. The average Bonchev–Trinajstić information content (AvgIpc) is 2.87. The third-order valence-corrected chi connectivity index (χ3v) is 4.36. The summed E-state index contributed by atoms with van der Waals surface area (Å²) in [7, 11) is 0. The number of benzene rings is 1. The van der Waals surface area contributed by atoms with E-state index in [1.54, 1.807) is 0 Å². The molecular formula is C14H15Br2N3O. The van der Waals surface area contributed by atoms with Crippen LogP contribution < -0.4 is 5.32 Å². The number of nitrogens with one attached hydrogen (secondary N) is 1. The number of rotatable bonds is 3. The zero-order valence-electron chi connectivity index (χ0n) is 10.9. The second-order valence-corrected chi connectivity index (χ2v) is 6.92. The molecule has 0 bridgehead atoms. The maximum Gasteiger partial charge on any atom is 0.257 e. The highest BCUT2D eigenvalue weighted by molar-refractivity contribution is 9.11. The normalized spacial score (nSPS) is 19.2. The van der Waals surface area contributed by atoms with E-state index in [1.807, 2.05) is 18.2 Å². The van der Waals surface area contributed by atoms with Crippen LogP contribution in [-0.4, -0.2) is 23.2 Å². The van der Waals surface area contributed by atoms with Gasteiger partial charge in [-0.2, -0.15) is 4.98 Å². The van der Waals surface area contributed by atoms with Crippen molar-refractivity contribution in [3.63, 3.8) is 0 Å².